The summed E-state index contributed by atoms with van der Waals surface area (Å²) in [6.45, 7) is 0. The highest BCUT2D eigenvalue weighted by atomic mass is 14.6. The molecule has 0 bridgehead atoms. The SMILES string of the molecule is N=CN.[C]. The molecule has 0 amide bonds. The van der Waals surface area contributed by atoms with Gasteiger partial charge >= 0.3 is 0 Å². The maximum atomic E-state index is 5.86. The Balaban J connectivity index is 0. The lowest BCUT2D eigenvalue weighted by Gasteiger charge is -1.38. The molecule has 2 heteroatoms. The predicted molar refractivity (Wildman–Crippen MR) is 16.2 cm³/mol. The molecule has 0 fully saturated rings. The zero-order valence-electron chi connectivity index (χ0n) is 2.15. The summed E-state index contributed by atoms with van der Waals surface area (Å²) >= 11 is 0. The van der Waals surface area contributed by atoms with E-state index in [-0.39, 0.29) is 7.43 Å². The molecular weight excluding hydrogens is 52.0 g/mol. The molecule has 0 aromatic carbocycles. The molecule has 0 spiro atoms. The van der Waals surface area contributed by atoms with E-state index in [1.165, 1.54) is 0 Å². The second-order valence-electron chi connectivity index (χ2n) is 0.167. The summed E-state index contributed by atoms with van der Waals surface area (Å²) in [5.41, 5.74) is 4.39. The van der Waals surface area contributed by atoms with Gasteiger partial charge in [-0.2, -0.15) is 0 Å². The van der Waals surface area contributed by atoms with Crippen molar-refractivity contribution in [2.24, 2.45) is 5.73 Å². The molecule has 0 saturated heterocycles. The van der Waals surface area contributed by atoms with Crippen LogP contribution in [0.5, 0.6) is 0 Å². The quantitative estimate of drug-likeness (QED) is 0.289. The van der Waals surface area contributed by atoms with Crippen LogP contribution in [0.15, 0.2) is 0 Å². The van der Waals surface area contributed by atoms with Gasteiger partial charge in [-0.05, 0) is 0 Å². The maximum Gasteiger partial charge on any atom is 0.0765 e. The molecule has 4 heavy (non-hydrogen) atoms. The average Bonchev–Trinajstić information content (AvgIpc) is 0.918. The van der Waals surface area contributed by atoms with Crippen LogP contribution in [0.3, 0.4) is 0 Å². The molecule has 4 radical (unpaired) electrons. The van der Waals surface area contributed by atoms with Crippen molar-refractivity contribution in [2.75, 3.05) is 0 Å². The minimum Gasteiger partial charge on any atom is -0.390 e. The third-order valence-corrected chi connectivity index (χ3v) is 0. The molecule has 0 saturated carbocycles. The molecule has 0 aliphatic rings. The van der Waals surface area contributed by atoms with Crippen molar-refractivity contribution in [3.63, 3.8) is 0 Å². The first-order valence-corrected chi connectivity index (χ1v) is 0.622. The van der Waals surface area contributed by atoms with Gasteiger partial charge in [0.25, 0.3) is 0 Å². The van der Waals surface area contributed by atoms with Gasteiger partial charge in [0.1, 0.15) is 0 Å². The summed E-state index contributed by atoms with van der Waals surface area (Å²) < 4.78 is 0. The first kappa shape index (κ1) is 9.80. The monoisotopic (exact) mass is 56.0 g/mol. The summed E-state index contributed by atoms with van der Waals surface area (Å²) in [6, 6.07) is 0. The minimum atomic E-state index is 0. The zero-order valence-corrected chi connectivity index (χ0v) is 2.15. The zero-order chi connectivity index (χ0) is 2.71. The van der Waals surface area contributed by atoms with E-state index in [0.717, 1.165) is 6.34 Å². The molecule has 0 rings (SSSR count). The molecule has 0 aromatic rings. The number of nitrogens with one attached hydrogen (secondary N) is 1. The first-order valence-electron chi connectivity index (χ1n) is 0.622. The lowest BCUT2D eigenvalue weighted by atomic mass is 11.4. The molecule has 0 aliphatic heterocycles. The van der Waals surface area contributed by atoms with Crippen molar-refractivity contribution in [2.45, 2.75) is 0 Å². The van der Waals surface area contributed by atoms with E-state index < -0.39 is 0 Å². The molecule has 0 aliphatic carbocycles. The molecule has 0 heterocycles. The van der Waals surface area contributed by atoms with Gasteiger partial charge in [-0.15, -0.1) is 0 Å². The highest BCUT2D eigenvalue weighted by Gasteiger charge is 1.10. The fraction of sp³-hybridized carbons (Fsp3) is 0. The summed E-state index contributed by atoms with van der Waals surface area (Å²) in [5, 5.41) is 5.86. The third-order valence-electron chi connectivity index (χ3n) is 0. The molecule has 0 atom stereocenters. The lowest BCUT2D eigenvalue weighted by Crippen LogP contribution is -1.81. The number of nitrogens with two attached hydrogens (primary N) is 1. The van der Waals surface area contributed by atoms with Crippen molar-refractivity contribution in [3.05, 3.63) is 7.43 Å². The maximum absolute atomic E-state index is 5.86. The predicted octanol–water partition coefficient (Wildman–Crippen LogP) is -0.367. The van der Waals surface area contributed by atoms with Gasteiger partial charge in [0, 0.05) is 7.43 Å². The van der Waals surface area contributed by atoms with E-state index >= 15 is 0 Å². The summed E-state index contributed by atoms with van der Waals surface area (Å²) in [5.74, 6) is 0. The van der Waals surface area contributed by atoms with Gasteiger partial charge in [-0.3, -0.25) is 5.41 Å². The van der Waals surface area contributed by atoms with Gasteiger partial charge in [0.2, 0.25) is 0 Å². The molecule has 2 nitrogen and oxygen atoms in total. The highest BCUT2D eigenvalue weighted by molar-refractivity contribution is 5.46. The largest absolute Gasteiger partial charge is 0.390 e. The second kappa shape index (κ2) is 24.2. The molecular formula is C2H4N2. The van der Waals surface area contributed by atoms with Crippen LogP contribution >= 0.6 is 0 Å². The lowest BCUT2D eigenvalue weighted by molar-refractivity contribution is 1.52. The topological polar surface area (TPSA) is 49.9 Å². The number of hydrogen-bond acceptors (Lipinski definition) is 1. The van der Waals surface area contributed by atoms with Crippen LogP contribution in [0.2, 0.25) is 0 Å². The van der Waals surface area contributed by atoms with Crippen LogP contribution in [-0.2, 0) is 0 Å². The summed E-state index contributed by atoms with van der Waals surface area (Å²) in [6.07, 6.45) is 0.750. The van der Waals surface area contributed by atoms with Crippen molar-refractivity contribution in [1.29, 1.82) is 5.41 Å². The van der Waals surface area contributed by atoms with Crippen molar-refractivity contribution >= 4 is 6.34 Å². The molecule has 3 N–H and O–H groups in total. The van der Waals surface area contributed by atoms with E-state index in [4.69, 9.17) is 5.41 Å². The fourth-order valence-corrected chi connectivity index (χ4v) is 0. The van der Waals surface area contributed by atoms with Crippen molar-refractivity contribution in [1.82, 2.24) is 0 Å². The van der Waals surface area contributed by atoms with E-state index in [1.54, 1.807) is 0 Å². The van der Waals surface area contributed by atoms with Crippen LogP contribution in [-0.4, -0.2) is 6.34 Å². The Morgan fingerprint density at radius 2 is 1.75 bits per heavy atom. The van der Waals surface area contributed by atoms with E-state index in [1.807, 2.05) is 0 Å². The third kappa shape index (κ3) is 1.16. The van der Waals surface area contributed by atoms with Gasteiger partial charge < -0.3 is 5.73 Å². The molecule has 0 aromatic heterocycles. The van der Waals surface area contributed by atoms with Crippen LogP contribution < -0.4 is 5.73 Å². The Bertz CT molecular complexity index is 11.5. The fourth-order valence-electron chi connectivity index (χ4n) is 0. The Morgan fingerprint density at radius 1 is 1.75 bits per heavy atom. The Labute approximate surface area is 26.1 Å². The van der Waals surface area contributed by atoms with Gasteiger partial charge in [-0.1, -0.05) is 0 Å². The van der Waals surface area contributed by atoms with Crippen LogP contribution in [0.1, 0.15) is 0 Å². The van der Waals surface area contributed by atoms with Gasteiger partial charge in [-0.25, -0.2) is 0 Å². The highest BCUT2D eigenvalue weighted by Crippen LogP contribution is 0.879. The Morgan fingerprint density at radius 3 is 1.75 bits per heavy atom. The normalized spacial score (nSPS) is 3.00. The van der Waals surface area contributed by atoms with Crippen molar-refractivity contribution in [3.8, 4) is 0 Å². The number of hydrogen-bond donors (Lipinski definition) is 2. The van der Waals surface area contributed by atoms with Crippen molar-refractivity contribution < 1.29 is 0 Å². The van der Waals surface area contributed by atoms with Crippen LogP contribution in [0.25, 0.3) is 0 Å². The minimum absolute atomic E-state index is 0. The summed E-state index contributed by atoms with van der Waals surface area (Å²) in [7, 11) is 0. The van der Waals surface area contributed by atoms with E-state index in [9.17, 15) is 0 Å². The van der Waals surface area contributed by atoms with E-state index in [2.05, 4.69) is 5.73 Å². The average molecular weight is 56.1 g/mol. The van der Waals surface area contributed by atoms with E-state index in [0.29, 0.717) is 0 Å². The molecule has 22 valence electrons. The Hall–Kier alpha value is -0.530. The number of rotatable bonds is 0. The van der Waals surface area contributed by atoms with Gasteiger partial charge in [0.05, 0.1) is 6.34 Å². The Kier molecular flexibility index (Phi) is 59.2. The smallest absolute Gasteiger partial charge is 0.0765 e. The first-order chi connectivity index (χ1) is 1.41. The standard InChI is InChI=1S/CH4N2.C/c2-1-3;/h1H,(H3,2,3);. The van der Waals surface area contributed by atoms with Gasteiger partial charge in [0.15, 0.2) is 0 Å². The van der Waals surface area contributed by atoms with Crippen LogP contribution in [0.4, 0.5) is 0 Å². The summed E-state index contributed by atoms with van der Waals surface area (Å²) in [4.78, 5) is 0. The second-order valence-corrected chi connectivity index (χ2v) is 0.167. The molecule has 0 unspecified atom stereocenters. The van der Waals surface area contributed by atoms with Crippen LogP contribution in [0, 0.1) is 12.8 Å².